The molecule has 1 amide bonds. The Hall–Kier alpha value is -2.03. The Labute approximate surface area is 119 Å². The molecule has 0 spiro atoms. The van der Waals surface area contributed by atoms with Gasteiger partial charge in [0.1, 0.15) is 12.4 Å². The van der Waals surface area contributed by atoms with Crippen molar-refractivity contribution in [3.63, 3.8) is 0 Å². The predicted molar refractivity (Wildman–Crippen MR) is 77.4 cm³/mol. The summed E-state index contributed by atoms with van der Waals surface area (Å²) in [4.78, 5) is 13.2. The number of carbonyl (C=O) groups is 1. The van der Waals surface area contributed by atoms with E-state index in [0.717, 1.165) is 16.9 Å². The van der Waals surface area contributed by atoms with Gasteiger partial charge >= 0.3 is 0 Å². The maximum Gasteiger partial charge on any atom is 0.233 e. The molecule has 0 bridgehead atoms. The number of aliphatic hydroxyl groups is 1. The Balaban J connectivity index is 2.92. The number of rotatable bonds is 5. The maximum absolute atomic E-state index is 11.4. The highest BCUT2D eigenvalue weighted by molar-refractivity contribution is 5.77. The molecule has 0 saturated carbocycles. The van der Waals surface area contributed by atoms with Crippen LogP contribution in [0.3, 0.4) is 0 Å². The lowest BCUT2D eigenvalue weighted by Gasteiger charge is -2.17. The molecule has 0 radical (unpaired) electrons. The minimum absolute atomic E-state index is 0.0432. The fourth-order valence-corrected chi connectivity index (χ4v) is 1.76. The van der Waals surface area contributed by atoms with E-state index in [2.05, 4.69) is 17.2 Å². The van der Waals surface area contributed by atoms with Gasteiger partial charge in [0.15, 0.2) is 0 Å². The van der Waals surface area contributed by atoms with Crippen LogP contribution in [0.1, 0.15) is 11.1 Å². The van der Waals surface area contributed by atoms with Gasteiger partial charge < -0.3 is 15.2 Å². The summed E-state index contributed by atoms with van der Waals surface area (Å²) in [6.07, 6.45) is 0. The molecule has 0 atom stereocenters. The molecule has 0 heterocycles. The summed E-state index contributed by atoms with van der Waals surface area (Å²) in [5.41, 5.74) is 1.78. The van der Waals surface area contributed by atoms with Crippen molar-refractivity contribution in [1.82, 2.24) is 10.2 Å². The lowest BCUT2D eigenvalue weighted by molar-refractivity contribution is -0.121. The second-order valence-electron chi connectivity index (χ2n) is 4.33. The number of hydrogen-bond acceptors (Lipinski definition) is 4. The van der Waals surface area contributed by atoms with Crippen LogP contribution in [0.5, 0.6) is 5.75 Å². The van der Waals surface area contributed by atoms with Crippen molar-refractivity contribution in [3.05, 3.63) is 29.3 Å². The van der Waals surface area contributed by atoms with E-state index >= 15 is 0 Å². The van der Waals surface area contributed by atoms with Crippen LogP contribution in [-0.4, -0.2) is 50.3 Å². The number of amides is 1. The van der Waals surface area contributed by atoms with Crippen molar-refractivity contribution < 1.29 is 14.6 Å². The molecule has 0 aromatic heterocycles. The third kappa shape index (κ3) is 4.92. The number of likely N-dealkylation sites (N-methyl/N-ethyl adjacent to an activating group) is 2. The van der Waals surface area contributed by atoms with Crippen molar-refractivity contribution in [3.8, 4) is 17.6 Å². The number of aliphatic hydroxyl groups excluding tert-OH is 1. The van der Waals surface area contributed by atoms with Crippen LogP contribution in [0.4, 0.5) is 0 Å². The summed E-state index contributed by atoms with van der Waals surface area (Å²) in [7, 11) is 5.07. The average molecular weight is 276 g/mol. The Kier molecular flexibility index (Phi) is 6.57. The van der Waals surface area contributed by atoms with Gasteiger partial charge in [-0.15, -0.1) is 0 Å². The molecular formula is C15H20N2O3. The van der Waals surface area contributed by atoms with E-state index in [4.69, 9.17) is 9.84 Å². The van der Waals surface area contributed by atoms with Crippen LogP contribution in [0.15, 0.2) is 18.2 Å². The van der Waals surface area contributed by atoms with Gasteiger partial charge in [-0.1, -0.05) is 11.8 Å². The Morgan fingerprint density at radius 1 is 1.50 bits per heavy atom. The van der Waals surface area contributed by atoms with Gasteiger partial charge in [-0.05, 0) is 30.8 Å². The first kappa shape index (κ1) is 16.0. The molecule has 1 rings (SSSR count). The molecule has 1 aromatic rings. The summed E-state index contributed by atoms with van der Waals surface area (Å²) >= 11 is 0. The van der Waals surface area contributed by atoms with Crippen LogP contribution in [0, 0.1) is 11.8 Å². The second-order valence-corrected chi connectivity index (χ2v) is 4.33. The van der Waals surface area contributed by atoms with E-state index in [9.17, 15) is 4.79 Å². The van der Waals surface area contributed by atoms with Gasteiger partial charge in [-0.25, -0.2) is 0 Å². The smallest absolute Gasteiger partial charge is 0.233 e. The summed E-state index contributed by atoms with van der Waals surface area (Å²) < 4.78 is 5.20. The highest BCUT2D eigenvalue weighted by atomic mass is 16.5. The fraction of sp³-hybridized carbons (Fsp3) is 0.400. The quantitative estimate of drug-likeness (QED) is 0.755. The monoisotopic (exact) mass is 276 g/mol. The zero-order valence-electron chi connectivity index (χ0n) is 12.1. The van der Waals surface area contributed by atoms with Gasteiger partial charge in [0.05, 0.1) is 13.7 Å². The maximum atomic E-state index is 11.4. The van der Waals surface area contributed by atoms with E-state index in [-0.39, 0.29) is 12.5 Å². The molecule has 0 saturated heterocycles. The first-order valence-electron chi connectivity index (χ1n) is 6.26. The third-order valence-electron chi connectivity index (χ3n) is 2.75. The van der Waals surface area contributed by atoms with Crippen molar-refractivity contribution in [1.29, 1.82) is 0 Å². The van der Waals surface area contributed by atoms with Crippen LogP contribution in [-0.2, 0) is 11.3 Å². The summed E-state index contributed by atoms with van der Waals surface area (Å²) in [5.74, 6) is 6.23. The molecule has 0 unspecified atom stereocenters. The minimum Gasteiger partial charge on any atom is -0.497 e. The van der Waals surface area contributed by atoms with Gasteiger partial charge in [0.2, 0.25) is 5.91 Å². The molecule has 5 nitrogen and oxygen atoms in total. The SMILES string of the molecule is CNC(=O)CN(C)Cc1cc(OC)ccc1C#CCO. The summed E-state index contributed by atoms with van der Waals surface area (Å²) in [5, 5.41) is 11.4. The lowest BCUT2D eigenvalue weighted by atomic mass is 10.1. The van der Waals surface area contributed by atoms with E-state index in [1.54, 1.807) is 14.2 Å². The van der Waals surface area contributed by atoms with Gasteiger partial charge in [-0.3, -0.25) is 9.69 Å². The molecule has 5 heteroatoms. The van der Waals surface area contributed by atoms with Crippen molar-refractivity contribution in [2.24, 2.45) is 0 Å². The van der Waals surface area contributed by atoms with Crippen LogP contribution < -0.4 is 10.1 Å². The first-order valence-corrected chi connectivity index (χ1v) is 6.26. The summed E-state index contributed by atoms with van der Waals surface area (Å²) in [6.45, 7) is 0.695. The highest BCUT2D eigenvalue weighted by Crippen LogP contribution is 2.18. The largest absolute Gasteiger partial charge is 0.497 e. The number of carbonyl (C=O) groups excluding carboxylic acids is 1. The Morgan fingerprint density at radius 2 is 2.25 bits per heavy atom. The molecule has 20 heavy (non-hydrogen) atoms. The molecule has 0 aliphatic rings. The fourth-order valence-electron chi connectivity index (χ4n) is 1.76. The Bertz CT molecular complexity index is 518. The molecule has 1 aromatic carbocycles. The lowest BCUT2D eigenvalue weighted by Crippen LogP contribution is -2.32. The van der Waals surface area contributed by atoms with E-state index in [1.807, 2.05) is 30.1 Å². The number of methoxy groups -OCH3 is 1. The number of nitrogens with zero attached hydrogens (tertiary/aromatic N) is 1. The highest BCUT2D eigenvalue weighted by Gasteiger charge is 2.09. The van der Waals surface area contributed by atoms with Crippen molar-refractivity contribution in [2.45, 2.75) is 6.54 Å². The number of hydrogen-bond donors (Lipinski definition) is 2. The molecular weight excluding hydrogens is 256 g/mol. The topological polar surface area (TPSA) is 61.8 Å². The van der Waals surface area contributed by atoms with Gasteiger partial charge in [0.25, 0.3) is 0 Å². The second kappa shape index (κ2) is 8.20. The number of nitrogens with one attached hydrogen (secondary N) is 1. The molecule has 0 aliphatic carbocycles. The standard InChI is InChI=1S/C15H20N2O3/c1-16-15(19)11-17(2)10-13-9-14(20-3)7-6-12(13)5-4-8-18/h6-7,9,18H,8,10-11H2,1-3H3,(H,16,19). The minimum atomic E-state index is -0.181. The van der Waals surface area contributed by atoms with Gasteiger partial charge in [0, 0.05) is 19.2 Å². The van der Waals surface area contributed by atoms with Crippen LogP contribution >= 0.6 is 0 Å². The first-order chi connectivity index (χ1) is 9.60. The molecule has 108 valence electrons. The number of benzene rings is 1. The van der Waals surface area contributed by atoms with E-state index < -0.39 is 0 Å². The normalized spacial score (nSPS) is 9.85. The zero-order valence-corrected chi connectivity index (χ0v) is 12.1. The predicted octanol–water partition coefficient (Wildman–Crippen LogP) is 0.217. The van der Waals surface area contributed by atoms with Crippen LogP contribution in [0.2, 0.25) is 0 Å². The van der Waals surface area contributed by atoms with Crippen molar-refractivity contribution >= 4 is 5.91 Å². The summed E-state index contributed by atoms with van der Waals surface area (Å²) in [6, 6.07) is 5.57. The molecule has 0 aliphatic heterocycles. The van der Waals surface area contributed by atoms with E-state index in [1.165, 1.54) is 0 Å². The average Bonchev–Trinajstić information content (AvgIpc) is 2.45. The Morgan fingerprint density at radius 3 is 2.85 bits per heavy atom. The van der Waals surface area contributed by atoms with Crippen molar-refractivity contribution in [2.75, 3.05) is 34.4 Å². The molecule has 0 fully saturated rings. The van der Waals surface area contributed by atoms with Crippen LogP contribution in [0.25, 0.3) is 0 Å². The third-order valence-corrected chi connectivity index (χ3v) is 2.75. The molecule has 2 N–H and O–H groups in total. The number of ether oxygens (including phenoxy) is 1. The zero-order chi connectivity index (χ0) is 15.0. The van der Waals surface area contributed by atoms with E-state index in [0.29, 0.717) is 13.1 Å². The van der Waals surface area contributed by atoms with Gasteiger partial charge in [-0.2, -0.15) is 0 Å².